The lowest BCUT2D eigenvalue weighted by atomic mass is 10.2. The van der Waals surface area contributed by atoms with E-state index in [0.29, 0.717) is 6.54 Å². The van der Waals surface area contributed by atoms with Crippen LogP contribution in [0.3, 0.4) is 0 Å². The number of nitrogens with two attached hydrogens (primary N) is 1. The molecule has 0 atom stereocenters. The van der Waals surface area contributed by atoms with Crippen molar-refractivity contribution in [2.24, 2.45) is 5.73 Å². The maximum atomic E-state index is 5.33. The van der Waals surface area contributed by atoms with Crippen molar-refractivity contribution in [3.05, 3.63) is 35.8 Å². The Morgan fingerprint density at radius 3 is 2.11 bits per heavy atom. The Kier molecular flexibility index (Phi) is 4.18. The fourth-order valence-electron chi connectivity index (χ4n) is 0.424. The van der Waals surface area contributed by atoms with Crippen molar-refractivity contribution in [2.45, 2.75) is 0 Å². The van der Waals surface area contributed by atoms with Crippen LogP contribution in [-0.2, 0) is 0 Å². The normalized spacial score (nSPS) is 12.2. The van der Waals surface area contributed by atoms with Gasteiger partial charge in [-0.1, -0.05) is 25.3 Å². The van der Waals surface area contributed by atoms with Gasteiger partial charge in [0.25, 0.3) is 0 Å². The van der Waals surface area contributed by atoms with Gasteiger partial charge < -0.3 is 5.73 Å². The molecule has 2 N–H and O–H groups in total. The van der Waals surface area contributed by atoms with Gasteiger partial charge in [-0.05, 0) is 5.57 Å². The van der Waals surface area contributed by atoms with E-state index in [1.165, 1.54) is 0 Å². The van der Waals surface area contributed by atoms with E-state index in [4.69, 9.17) is 5.73 Å². The maximum Gasteiger partial charge on any atom is 0.0188 e. The van der Waals surface area contributed by atoms with Gasteiger partial charge in [0.05, 0.1) is 0 Å². The van der Waals surface area contributed by atoms with Crippen LogP contribution >= 0.6 is 12.6 Å². The SMILES string of the molecule is C=C/C(S)=C(\C=C)CN. The minimum Gasteiger partial charge on any atom is -0.326 e. The summed E-state index contributed by atoms with van der Waals surface area (Å²) in [4.78, 5) is 0.799. The highest BCUT2D eigenvalue weighted by atomic mass is 32.1. The molecule has 0 amide bonds. The smallest absolute Gasteiger partial charge is 0.0188 e. The summed E-state index contributed by atoms with van der Waals surface area (Å²) in [7, 11) is 0. The fraction of sp³-hybridized carbons (Fsp3) is 0.143. The molecular weight excluding hydrogens is 130 g/mol. The summed E-state index contributed by atoms with van der Waals surface area (Å²) in [5.74, 6) is 0. The maximum absolute atomic E-state index is 5.33. The molecule has 0 radical (unpaired) electrons. The van der Waals surface area contributed by atoms with E-state index >= 15 is 0 Å². The molecule has 0 unspecified atom stereocenters. The molecule has 1 nitrogen and oxygen atoms in total. The summed E-state index contributed by atoms with van der Waals surface area (Å²) in [5, 5.41) is 0. The molecule has 0 bridgehead atoms. The number of hydrogen-bond donors (Lipinski definition) is 2. The van der Waals surface area contributed by atoms with Gasteiger partial charge >= 0.3 is 0 Å². The molecule has 0 heterocycles. The zero-order chi connectivity index (χ0) is 7.28. The molecule has 0 rings (SSSR count). The highest BCUT2D eigenvalue weighted by Crippen LogP contribution is 2.08. The minimum absolute atomic E-state index is 0.467. The van der Waals surface area contributed by atoms with Crippen molar-refractivity contribution in [1.82, 2.24) is 0 Å². The van der Waals surface area contributed by atoms with Crippen LogP contribution < -0.4 is 5.73 Å². The van der Waals surface area contributed by atoms with Gasteiger partial charge in [-0.15, -0.1) is 12.6 Å². The predicted octanol–water partition coefficient (Wildman–Crippen LogP) is 1.50. The molecule has 0 fully saturated rings. The third-order valence-corrected chi connectivity index (χ3v) is 1.46. The molecule has 0 aromatic rings. The van der Waals surface area contributed by atoms with Crippen molar-refractivity contribution >= 4 is 12.6 Å². The van der Waals surface area contributed by atoms with Crippen LogP contribution in [0.2, 0.25) is 0 Å². The Morgan fingerprint density at radius 1 is 1.44 bits per heavy atom. The molecule has 0 aliphatic heterocycles. The quantitative estimate of drug-likeness (QED) is 0.452. The molecule has 50 valence electrons. The standard InChI is InChI=1S/C7H11NS/c1-3-6(5-8)7(9)4-2/h3-4,9H,1-2,5,8H2/b7-6-. The second-order valence-electron chi connectivity index (χ2n) is 1.52. The summed E-state index contributed by atoms with van der Waals surface area (Å²) < 4.78 is 0. The van der Waals surface area contributed by atoms with E-state index < -0.39 is 0 Å². The Labute approximate surface area is 61.4 Å². The Balaban J connectivity index is 4.36. The van der Waals surface area contributed by atoms with Crippen molar-refractivity contribution in [3.63, 3.8) is 0 Å². The van der Waals surface area contributed by atoms with E-state index in [-0.39, 0.29) is 0 Å². The lowest BCUT2D eigenvalue weighted by Crippen LogP contribution is -2.01. The van der Waals surface area contributed by atoms with Crippen LogP contribution in [0.15, 0.2) is 35.8 Å². The molecule has 0 spiro atoms. The molecule has 0 aliphatic carbocycles. The first-order valence-electron chi connectivity index (χ1n) is 2.63. The van der Waals surface area contributed by atoms with E-state index in [2.05, 4.69) is 25.8 Å². The third kappa shape index (κ3) is 2.54. The molecule has 0 aromatic carbocycles. The average molecular weight is 141 g/mol. The second kappa shape index (κ2) is 4.41. The highest BCUT2D eigenvalue weighted by molar-refractivity contribution is 7.84. The van der Waals surface area contributed by atoms with Gasteiger partial charge in [-0.25, -0.2) is 0 Å². The van der Waals surface area contributed by atoms with Crippen molar-refractivity contribution in [3.8, 4) is 0 Å². The first-order valence-corrected chi connectivity index (χ1v) is 3.08. The molecule has 2 heteroatoms. The lowest BCUT2D eigenvalue weighted by molar-refractivity contribution is 1.19. The van der Waals surface area contributed by atoms with Crippen LogP contribution in [-0.4, -0.2) is 6.54 Å². The summed E-state index contributed by atoms with van der Waals surface area (Å²) in [6, 6.07) is 0. The van der Waals surface area contributed by atoms with E-state index in [0.717, 1.165) is 10.5 Å². The Morgan fingerprint density at radius 2 is 2.00 bits per heavy atom. The van der Waals surface area contributed by atoms with Gasteiger partial charge in [-0.2, -0.15) is 0 Å². The van der Waals surface area contributed by atoms with Crippen LogP contribution in [0, 0.1) is 0 Å². The van der Waals surface area contributed by atoms with Crippen LogP contribution in [0.4, 0.5) is 0 Å². The molecule has 0 aromatic heterocycles. The van der Waals surface area contributed by atoms with Gasteiger partial charge in [0.15, 0.2) is 0 Å². The van der Waals surface area contributed by atoms with E-state index in [9.17, 15) is 0 Å². The Hall–Kier alpha value is -0.470. The topological polar surface area (TPSA) is 26.0 Å². The molecule has 0 aliphatic rings. The van der Waals surface area contributed by atoms with Gasteiger partial charge in [0.1, 0.15) is 0 Å². The largest absolute Gasteiger partial charge is 0.326 e. The minimum atomic E-state index is 0.467. The van der Waals surface area contributed by atoms with Crippen molar-refractivity contribution in [1.29, 1.82) is 0 Å². The summed E-state index contributed by atoms with van der Waals surface area (Å²) in [5.41, 5.74) is 6.26. The fourth-order valence-corrected chi connectivity index (χ4v) is 0.606. The monoisotopic (exact) mass is 141 g/mol. The van der Waals surface area contributed by atoms with Crippen molar-refractivity contribution in [2.75, 3.05) is 6.54 Å². The van der Waals surface area contributed by atoms with Crippen LogP contribution in [0.25, 0.3) is 0 Å². The molecular formula is C7H11NS. The number of rotatable bonds is 3. The first-order chi connectivity index (χ1) is 4.26. The summed E-state index contributed by atoms with van der Waals surface area (Å²) in [6.07, 6.45) is 3.33. The number of thiol groups is 1. The van der Waals surface area contributed by atoms with Crippen LogP contribution in [0.5, 0.6) is 0 Å². The number of allylic oxidation sites excluding steroid dienone is 1. The van der Waals surface area contributed by atoms with Gasteiger partial charge in [0, 0.05) is 11.4 Å². The van der Waals surface area contributed by atoms with Gasteiger partial charge in [0.2, 0.25) is 0 Å². The highest BCUT2D eigenvalue weighted by Gasteiger charge is 1.90. The summed E-state index contributed by atoms with van der Waals surface area (Å²) in [6.45, 7) is 7.57. The summed E-state index contributed by atoms with van der Waals surface area (Å²) >= 11 is 4.10. The molecule has 9 heavy (non-hydrogen) atoms. The zero-order valence-corrected chi connectivity index (χ0v) is 6.20. The lowest BCUT2D eigenvalue weighted by Gasteiger charge is -1.97. The van der Waals surface area contributed by atoms with Crippen molar-refractivity contribution < 1.29 is 0 Å². The molecule has 0 saturated carbocycles. The second-order valence-corrected chi connectivity index (χ2v) is 2.00. The zero-order valence-electron chi connectivity index (χ0n) is 5.30. The Bertz CT molecular complexity index is 147. The average Bonchev–Trinajstić information content (AvgIpc) is 1.90. The van der Waals surface area contributed by atoms with Gasteiger partial charge in [-0.3, -0.25) is 0 Å². The third-order valence-electron chi connectivity index (χ3n) is 0.989. The van der Waals surface area contributed by atoms with E-state index in [1.807, 2.05) is 0 Å². The van der Waals surface area contributed by atoms with E-state index in [1.54, 1.807) is 12.2 Å². The first kappa shape index (κ1) is 8.53. The van der Waals surface area contributed by atoms with Crippen LogP contribution in [0.1, 0.15) is 0 Å². The predicted molar refractivity (Wildman–Crippen MR) is 45.5 cm³/mol. The number of hydrogen-bond acceptors (Lipinski definition) is 2. The molecule has 0 saturated heterocycles.